The molecular formula is C15H15BrN2O4S. The fourth-order valence-electron chi connectivity index (χ4n) is 3.72. The first-order valence-electron chi connectivity index (χ1n) is 7.24. The molecule has 1 aliphatic heterocycles. The Kier molecular flexibility index (Phi) is 3.99. The molecule has 0 unspecified atom stereocenters. The van der Waals surface area contributed by atoms with Crippen LogP contribution in [0.1, 0.15) is 24.8 Å². The SMILES string of the molecule is N#Cc1ccc(Br)cc1S(=O)(=O)N1C[C@@H]2CCC[C@@]2(C(=O)O)C1. The Bertz CT molecular complexity index is 817. The molecule has 23 heavy (non-hydrogen) atoms. The second-order valence-corrected chi connectivity index (χ2v) is 8.92. The van der Waals surface area contributed by atoms with E-state index < -0.39 is 21.4 Å². The Morgan fingerprint density at radius 3 is 2.83 bits per heavy atom. The third-order valence-corrected chi connectivity index (χ3v) is 7.29. The number of rotatable bonds is 3. The molecule has 0 aromatic heterocycles. The van der Waals surface area contributed by atoms with Gasteiger partial charge in [-0.1, -0.05) is 22.4 Å². The Hall–Kier alpha value is -1.43. The monoisotopic (exact) mass is 398 g/mol. The quantitative estimate of drug-likeness (QED) is 0.840. The summed E-state index contributed by atoms with van der Waals surface area (Å²) in [4.78, 5) is 11.6. The van der Waals surface area contributed by atoms with Crippen LogP contribution in [0.15, 0.2) is 27.6 Å². The third-order valence-electron chi connectivity index (χ3n) is 4.95. The lowest BCUT2D eigenvalue weighted by atomic mass is 9.81. The van der Waals surface area contributed by atoms with Crippen molar-refractivity contribution in [2.45, 2.75) is 24.2 Å². The van der Waals surface area contributed by atoms with Crippen LogP contribution in [-0.4, -0.2) is 36.9 Å². The van der Waals surface area contributed by atoms with E-state index in [9.17, 15) is 23.6 Å². The number of carboxylic acid groups (broad SMARTS) is 1. The lowest BCUT2D eigenvalue weighted by Gasteiger charge is -2.23. The van der Waals surface area contributed by atoms with Crippen LogP contribution in [0.25, 0.3) is 0 Å². The number of nitrogens with zero attached hydrogens (tertiary/aromatic N) is 2. The minimum absolute atomic E-state index is 0.0211. The molecule has 8 heteroatoms. The van der Waals surface area contributed by atoms with E-state index in [2.05, 4.69) is 15.9 Å². The highest BCUT2D eigenvalue weighted by Gasteiger charge is 2.57. The summed E-state index contributed by atoms with van der Waals surface area (Å²) in [6.45, 7) is 0.179. The Morgan fingerprint density at radius 2 is 2.22 bits per heavy atom. The standard InChI is InChI=1S/C15H15BrN2O4S/c16-12-4-3-10(7-17)13(6-12)23(21,22)18-8-11-2-1-5-15(11,9-18)14(19)20/h3-4,6,11H,1-2,5,8-9H2,(H,19,20)/t11-,15+/m0/s1. The largest absolute Gasteiger partial charge is 0.481 e. The van der Waals surface area contributed by atoms with Gasteiger partial charge in [-0.2, -0.15) is 9.57 Å². The van der Waals surface area contributed by atoms with Gasteiger partial charge < -0.3 is 5.11 Å². The van der Waals surface area contributed by atoms with Crippen LogP contribution in [0.3, 0.4) is 0 Å². The predicted molar refractivity (Wildman–Crippen MR) is 85.0 cm³/mol. The summed E-state index contributed by atoms with van der Waals surface area (Å²) in [5.74, 6) is -1.08. The van der Waals surface area contributed by atoms with E-state index in [-0.39, 0.29) is 29.5 Å². The molecule has 2 atom stereocenters. The van der Waals surface area contributed by atoms with Crippen molar-refractivity contribution >= 4 is 31.9 Å². The lowest BCUT2D eigenvalue weighted by Crippen LogP contribution is -2.37. The molecule has 1 aromatic rings. The summed E-state index contributed by atoms with van der Waals surface area (Å²) in [6.07, 6.45) is 2.04. The smallest absolute Gasteiger partial charge is 0.311 e. The number of benzene rings is 1. The molecule has 6 nitrogen and oxygen atoms in total. The Morgan fingerprint density at radius 1 is 1.48 bits per heavy atom. The summed E-state index contributed by atoms with van der Waals surface area (Å²) in [7, 11) is -3.90. The highest BCUT2D eigenvalue weighted by Crippen LogP contribution is 2.50. The zero-order valence-electron chi connectivity index (χ0n) is 12.2. The minimum Gasteiger partial charge on any atom is -0.481 e. The molecule has 2 aliphatic rings. The molecule has 0 spiro atoms. The number of carbonyl (C=O) groups is 1. The van der Waals surface area contributed by atoms with Crippen molar-refractivity contribution in [3.8, 4) is 6.07 Å². The molecule has 1 aliphatic carbocycles. The molecule has 1 saturated carbocycles. The Labute approximate surface area is 142 Å². The average Bonchev–Trinajstić information content (AvgIpc) is 3.05. The number of carboxylic acids is 1. The van der Waals surface area contributed by atoms with Gasteiger partial charge in [0.2, 0.25) is 10.0 Å². The van der Waals surface area contributed by atoms with Crippen LogP contribution >= 0.6 is 15.9 Å². The van der Waals surface area contributed by atoms with E-state index in [1.54, 1.807) is 6.07 Å². The molecule has 2 fully saturated rings. The van der Waals surface area contributed by atoms with E-state index >= 15 is 0 Å². The molecule has 1 N–H and O–H groups in total. The number of fused-ring (bicyclic) bond motifs is 1. The first kappa shape index (κ1) is 16.4. The van der Waals surface area contributed by atoms with Gasteiger partial charge in [0.25, 0.3) is 0 Å². The van der Waals surface area contributed by atoms with Gasteiger partial charge in [0.05, 0.1) is 11.0 Å². The van der Waals surface area contributed by atoms with Crippen molar-refractivity contribution in [2.24, 2.45) is 11.3 Å². The van der Waals surface area contributed by atoms with E-state index in [0.717, 1.165) is 12.8 Å². The summed E-state index contributed by atoms with van der Waals surface area (Å²) < 4.78 is 27.6. The molecular weight excluding hydrogens is 384 g/mol. The second-order valence-electron chi connectivity index (χ2n) is 6.10. The van der Waals surface area contributed by atoms with Crippen molar-refractivity contribution in [3.63, 3.8) is 0 Å². The van der Waals surface area contributed by atoms with Gasteiger partial charge in [0.15, 0.2) is 0 Å². The first-order valence-corrected chi connectivity index (χ1v) is 9.48. The maximum atomic E-state index is 12.9. The molecule has 0 amide bonds. The number of sulfonamides is 1. The second kappa shape index (κ2) is 5.58. The van der Waals surface area contributed by atoms with Crippen LogP contribution in [0.2, 0.25) is 0 Å². The minimum atomic E-state index is -3.90. The number of halogens is 1. The lowest BCUT2D eigenvalue weighted by molar-refractivity contribution is -0.149. The normalized spacial score (nSPS) is 27.6. The predicted octanol–water partition coefficient (Wildman–Crippen LogP) is 2.20. The first-order chi connectivity index (χ1) is 10.8. The van der Waals surface area contributed by atoms with Crippen molar-refractivity contribution < 1.29 is 18.3 Å². The third kappa shape index (κ3) is 2.47. The molecule has 0 radical (unpaired) electrons. The van der Waals surface area contributed by atoms with E-state index in [1.165, 1.54) is 16.4 Å². The number of nitriles is 1. The average molecular weight is 399 g/mol. The van der Waals surface area contributed by atoms with Gasteiger partial charge in [-0.15, -0.1) is 0 Å². The zero-order valence-corrected chi connectivity index (χ0v) is 14.6. The van der Waals surface area contributed by atoms with Crippen LogP contribution in [-0.2, 0) is 14.8 Å². The summed E-state index contributed by atoms with van der Waals surface area (Å²) in [5, 5.41) is 18.8. The van der Waals surface area contributed by atoms with Crippen molar-refractivity contribution in [1.29, 1.82) is 5.26 Å². The van der Waals surface area contributed by atoms with Crippen LogP contribution in [0.5, 0.6) is 0 Å². The van der Waals surface area contributed by atoms with Crippen LogP contribution < -0.4 is 0 Å². The van der Waals surface area contributed by atoms with Crippen LogP contribution in [0, 0.1) is 22.7 Å². The number of hydrogen-bond donors (Lipinski definition) is 1. The van der Waals surface area contributed by atoms with Gasteiger partial charge in [0, 0.05) is 17.6 Å². The highest BCUT2D eigenvalue weighted by molar-refractivity contribution is 9.10. The summed E-state index contributed by atoms with van der Waals surface area (Å²) >= 11 is 3.22. The summed E-state index contributed by atoms with van der Waals surface area (Å²) in [6, 6.07) is 6.34. The topological polar surface area (TPSA) is 98.5 Å². The van der Waals surface area contributed by atoms with Gasteiger partial charge in [-0.05, 0) is 37.0 Å². The zero-order chi connectivity index (χ0) is 16.8. The molecule has 1 saturated heterocycles. The van der Waals surface area contributed by atoms with Crippen LogP contribution in [0.4, 0.5) is 0 Å². The molecule has 1 aromatic carbocycles. The molecule has 3 rings (SSSR count). The molecule has 0 bridgehead atoms. The fraction of sp³-hybridized carbons (Fsp3) is 0.467. The molecule has 122 valence electrons. The van der Waals surface area contributed by atoms with Crippen molar-refractivity contribution in [1.82, 2.24) is 4.31 Å². The molecule has 1 heterocycles. The van der Waals surface area contributed by atoms with E-state index in [1.807, 2.05) is 6.07 Å². The summed E-state index contributed by atoms with van der Waals surface area (Å²) in [5.41, 5.74) is -0.916. The van der Waals surface area contributed by atoms with E-state index in [4.69, 9.17) is 0 Å². The van der Waals surface area contributed by atoms with E-state index in [0.29, 0.717) is 10.9 Å². The maximum Gasteiger partial charge on any atom is 0.311 e. The maximum absolute atomic E-state index is 12.9. The number of aliphatic carboxylic acids is 1. The fourth-order valence-corrected chi connectivity index (χ4v) is 5.95. The van der Waals surface area contributed by atoms with Gasteiger partial charge in [-0.3, -0.25) is 4.79 Å². The van der Waals surface area contributed by atoms with Gasteiger partial charge in [-0.25, -0.2) is 8.42 Å². The van der Waals surface area contributed by atoms with Gasteiger partial charge in [0.1, 0.15) is 11.0 Å². The highest BCUT2D eigenvalue weighted by atomic mass is 79.9. The number of hydrogen-bond acceptors (Lipinski definition) is 4. The van der Waals surface area contributed by atoms with Crippen molar-refractivity contribution in [2.75, 3.05) is 13.1 Å². The van der Waals surface area contributed by atoms with Gasteiger partial charge >= 0.3 is 5.97 Å². The van der Waals surface area contributed by atoms with Crippen molar-refractivity contribution in [3.05, 3.63) is 28.2 Å². The Balaban J connectivity index is 2.02.